The Morgan fingerprint density at radius 1 is 1.39 bits per heavy atom. The summed E-state index contributed by atoms with van der Waals surface area (Å²) in [5, 5.41) is 12.7. The predicted octanol–water partition coefficient (Wildman–Crippen LogP) is 2.97. The molecule has 0 saturated carbocycles. The summed E-state index contributed by atoms with van der Waals surface area (Å²) in [5.41, 5.74) is 0.706. The Morgan fingerprint density at radius 3 is 2.91 bits per heavy atom. The third kappa shape index (κ3) is 3.46. The highest BCUT2D eigenvalue weighted by molar-refractivity contribution is 7.19. The van der Waals surface area contributed by atoms with Gasteiger partial charge >= 0.3 is 6.03 Å². The van der Waals surface area contributed by atoms with Crippen LogP contribution in [-0.4, -0.2) is 40.0 Å². The molecule has 0 radical (unpaired) electrons. The molecule has 2 heterocycles. The van der Waals surface area contributed by atoms with Crippen LogP contribution in [0.1, 0.15) is 10.6 Å². The number of fused-ring (bicyclic) bond motifs is 1. The van der Waals surface area contributed by atoms with E-state index in [1.807, 2.05) is 24.4 Å². The predicted molar refractivity (Wildman–Crippen MR) is 91.9 cm³/mol. The molecule has 3 rings (SSSR count). The van der Waals surface area contributed by atoms with E-state index >= 15 is 0 Å². The van der Waals surface area contributed by atoms with E-state index in [0.717, 1.165) is 20.0 Å². The zero-order valence-electron chi connectivity index (χ0n) is 12.8. The Balaban J connectivity index is 1.71. The zero-order chi connectivity index (χ0) is 16.4. The molecule has 3 aromatic rings. The molecule has 23 heavy (non-hydrogen) atoms. The van der Waals surface area contributed by atoms with Crippen LogP contribution in [0.2, 0.25) is 5.02 Å². The van der Waals surface area contributed by atoms with Gasteiger partial charge < -0.3 is 10.2 Å². The van der Waals surface area contributed by atoms with Crippen LogP contribution in [0.5, 0.6) is 0 Å². The van der Waals surface area contributed by atoms with Gasteiger partial charge in [-0.1, -0.05) is 35.0 Å². The number of halogens is 1. The lowest BCUT2D eigenvalue weighted by Crippen LogP contribution is -2.34. The number of benzene rings is 1. The van der Waals surface area contributed by atoms with Crippen molar-refractivity contribution >= 4 is 39.1 Å². The maximum Gasteiger partial charge on any atom is 0.317 e. The summed E-state index contributed by atoms with van der Waals surface area (Å²) >= 11 is 8.09. The molecule has 0 bridgehead atoms. The second-order valence-corrected chi connectivity index (χ2v) is 6.81. The van der Waals surface area contributed by atoms with Gasteiger partial charge in [-0.2, -0.15) is 0 Å². The summed E-state index contributed by atoms with van der Waals surface area (Å²) in [6.45, 7) is 0.907. The van der Waals surface area contributed by atoms with Gasteiger partial charge in [-0.05, 0) is 6.07 Å². The first-order valence-electron chi connectivity index (χ1n) is 7.04. The minimum atomic E-state index is -0.160. The fraction of sp³-hybridized carbons (Fsp3) is 0.267. The number of carbonyl (C=O) groups is 1. The summed E-state index contributed by atoms with van der Waals surface area (Å²) in [6.07, 6.45) is 1.82. The van der Waals surface area contributed by atoms with Crippen molar-refractivity contribution in [3.8, 4) is 0 Å². The topological polar surface area (TPSA) is 63.1 Å². The zero-order valence-corrected chi connectivity index (χ0v) is 14.4. The Hall–Kier alpha value is -2.12. The van der Waals surface area contributed by atoms with E-state index in [9.17, 15) is 4.79 Å². The highest BCUT2D eigenvalue weighted by Crippen LogP contribution is 2.35. The van der Waals surface area contributed by atoms with E-state index < -0.39 is 0 Å². The van der Waals surface area contributed by atoms with E-state index in [1.54, 1.807) is 30.1 Å². The fourth-order valence-electron chi connectivity index (χ4n) is 2.13. The fourth-order valence-corrected chi connectivity index (χ4v) is 3.62. The molecular weight excluding hydrogens is 334 g/mol. The lowest BCUT2D eigenvalue weighted by molar-refractivity contribution is 0.217. The van der Waals surface area contributed by atoms with Gasteiger partial charge in [0.25, 0.3) is 0 Å². The molecule has 0 aliphatic carbocycles. The minimum absolute atomic E-state index is 0.160. The Labute approximate surface area is 142 Å². The van der Waals surface area contributed by atoms with Crippen molar-refractivity contribution in [2.75, 3.05) is 14.1 Å². The van der Waals surface area contributed by atoms with Gasteiger partial charge in [0.15, 0.2) is 0 Å². The Kier molecular flexibility index (Phi) is 4.49. The molecule has 0 saturated heterocycles. The largest absolute Gasteiger partial charge is 0.332 e. The number of urea groups is 1. The third-order valence-electron chi connectivity index (χ3n) is 3.32. The number of amides is 2. The summed E-state index contributed by atoms with van der Waals surface area (Å²) in [7, 11) is 3.38. The molecule has 2 amide bonds. The molecule has 120 valence electrons. The van der Waals surface area contributed by atoms with Crippen LogP contribution in [0.15, 0.2) is 30.5 Å². The summed E-state index contributed by atoms with van der Waals surface area (Å²) in [5.74, 6) is 0. The number of hydrogen-bond donors (Lipinski definition) is 1. The summed E-state index contributed by atoms with van der Waals surface area (Å²) in [4.78, 5) is 14.0. The standard InChI is InChI=1S/C15H16ClN5OS/c1-20(2)15(22)17-7-10-8-21(19-18-10)9-13-14(16)11-5-3-4-6-12(11)23-13/h3-6,8H,7,9H2,1-2H3,(H,17,22). The summed E-state index contributed by atoms with van der Waals surface area (Å²) in [6, 6.07) is 7.89. The van der Waals surface area contributed by atoms with Gasteiger partial charge in [-0.3, -0.25) is 0 Å². The monoisotopic (exact) mass is 349 g/mol. The van der Waals surface area contributed by atoms with Crippen molar-refractivity contribution in [2.45, 2.75) is 13.1 Å². The Morgan fingerprint density at radius 2 is 2.17 bits per heavy atom. The molecule has 0 fully saturated rings. The first-order chi connectivity index (χ1) is 11.0. The van der Waals surface area contributed by atoms with Crippen LogP contribution in [0.3, 0.4) is 0 Å². The maximum absolute atomic E-state index is 11.5. The maximum atomic E-state index is 11.5. The summed E-state index contributed by atoms with van der Waals surface area (Å²) < 4.78 is 2.89. The average molecular weight is 350 g/mol. The number of rotatable bonds is 4. The number of aromatic nitrogens is 3. The van der Waals surface area contributed by atoms with Gasteiger partial charge in [0.05, 0.1) is 24.3 Å². The first-order valence-corrected chi connectivity index (χ1v) is 8.24. The van der Waals surface area contributed by atoms with Crippen molar-refractivity contribution in [3.05, 3.63) is 46.1 Å². The van der Waals surface area contributed by atoms with Crippen LogP contribution in [0.4, 0.5) is 4.79 Å². The SMILES string of the molecule is CN(C)C(=O)NCc1cn(Cc2sc3ccccc3c2Cl)nn1. The number of carbonyl (C=O) groups excluding carboxylic acids is 1. The van der Waals surface area contributed by atoms with Crippen molar-refractivity contribution < 1.29 is 4.79 Å². The minimum Gasteiger partial charge on any atom is -0.332 e. The molecule has 8 heteroatoms. The first kappa shape index (κ1) is 15.8. The third-order valence-corrected chi connectivity index (χ3v) is 5.02. The number of nitrogens with one attached hydrogen (secondary N) is 1. The van der Waals surface area contributed by atoms with E-state index in [2.05, 4.69) is 21.7 Å². The van der Waals surface area contributed by atoms with E-state index in [0.29, 0.717) is 18.8 Å². The van der Waals surface area contributed by atoms with Crippen molar-refractivity contribution in [3.63, 3.8) is 0 Å². The lowest BCUT2D eigenvalue weighted by atomic mass is 10.2. The van der Waals surface area contributed by atoms with Crippen LogP contribution in [0.25, 0.3) is 10.1 Å². The van der Waals surface area contributed by atoms with Gasteiger partial charge in [0.2, 0.25) is 0 Å². The molecule has 0 spiro atoms. The Bertz CT molecular complexity index is 841. The lowest BCUT2D eigenvalue weighted by Gasteiger charge is -2.10. The number of thiophene rings is 1. The van der Waals surface area contributed by atoms with Crippen LogP contribution in [0, 0.1) is 0 Å². The van der Waals surface area contributed by atoms with Crippen LogP contribution >= 0.6 is 22.9 Å². The van der Waals surface area contributed by atoms with Crippen molar-refractivity contribution in [2.24, 2.45) is 0 Å². The van der Waals surface area contributed by atoms with Gasteiger partial charge in [-0.15, -0.1) is 16.4 Å². The molecule has 0 unspecified atom stereocenters. The molecule has 1 aromatic carbocycles. The highest BCUT2D eigenvalue weighted by Gasteiger charge is 2.12. The van der Waals surface area contributed by atoms with Crippen LogP contribution in [-0.2, 0) is 13.1 Å². The quantitative estimate of drug-likeness (QED) is 0.787. The van der Waals surface area contributed by atoms with Crippen LogP contribution < -0.4 is 5.32 Å². The normalized spacial score (nSPS) is 10.9. The molecule has 0 aliphatic heterocycles. The van der Waals surface area contributed by atoms with E-state index in [1.165, 1.54) is 4.90 Å². The second kappa shape index (κ2) is 6.55. The van der Waals surface area contributed by atoms with E-state index in [4.69, 9.17) is 11.6 Å². The highest BCUT2D eigenvalue weighted by atomic mass is 35.5. The van der Waals surface area contributed by atoms with E-state index in [-0.39, 0.29) is 6.03 Å². The number of hydrogen-bond acceptors (Lipinski definition) is 4. The molecule has 1 N–H and O–H groups in total. The average Bonchev–Trinajstić information content (AvgIpc) is 3.11. The molecular formula is C15H16ClN5OS. The molecule has 0 aliphatic rings. The van der Waals surface area contributed by atoms with Gasteiger partial charge in [0, 0.05) is 29.1 Å². The van der Waals surface area contributed by atoms with Crippen molar-refractivity contribution in [1.29, 1.82) is 0 Å². The number of nitrogens with zero attached hydrogens (tertiary/aromatic N) is 4. The van der Waals surface area contributed by atoms with Gasteiger partial charge in [0.1, 0.15) is 5.69 Å². The second-order valence-electron chi connectivity index (χ2n) is 5.30. The van der Waals surface area contributed by atoms with Crippen molar-refractivity contribution in [1.82, 2.24) is 25.2 Å². The molecule has 2 aromatic heterocycles. The smallest absolute Gasteiger partial charge is 0.317 e. The molecule has 6 nitrogen and oxygen atoms in total. The molecule has 0 atom stereocenters. The van der Waals surface area contributed by atoms with Gasteiger partial charge in [-0.25, -0.2) is 9.48 Å².